The summed E-state index contributed by atoms with van der Waals surface area (Å²) in [7, 11) is 0. The Balaban J connectivity index is 2.67. The first-order valence-electron chi connectivity index (χ1n) is 4.76. The summed E-state index contributed by atoms with van der Waals surface area (Å²) >= 11 is 1.55. The van der Waals surface area contributed by atoms with Crippen molar-refractivity contribution in [3.8, 4) is 0 Å². The number of thioether (sulfide) groups is 1. The zero-order chi connectivity index (χ0) is 10.7. The zero-order valence-electron chi connectivity index (χ0n) is 9.02. The maximum atomic E-state index is 5.88. The van der Waals surface area contributed by atoms with Crippen LogP contribution in [-0.4, -0.2) is 15.4 Å². The van der Waals surface area contributed by atoms with E-state index in [2.05, 4.69) is 24.0 Å². The minimum atomic E-state index is -0.163. The van der Waals surface area contributed by atoms with E-state index in [1.807, 2.05) is 13.8 Å². The van der Waals surface area contributed by atoms with Crippen LogP contribution in [0.4, 0.5) is 0 Å². The highest BCUT2D eigenvalue weighted by atomic mass is 32.2. The second kappa shape index (κ2) is 4.79. The SMILES string of the molecule is CC(C)Sc1nnc(C(N)C(C)C)o1. The molecule has 5 heteroatoms. The first-order valence-corrected chi connectivity index (χ1v) is 5.64. The molecule has 80 valence electrons. The Morgan fingerprint density at radius 1 is 1.21 bits per heavy atom. The molecule has 0 aliphatic rings. The van der Waals surface area contributed by atoms with Crippen molar-refractivity contribution in [2.75, 3.05) is 0 Å². The van der Waals surface area contributed by atoms with Gasteiger partial charge in [-0.3, -0.25) is 0 Å². The molecule has 4 nitrogen and oxygen atoms in total. The number of hydrogen-bond donors (Lipinski definition) is 1. The fourth-order valence-electron chi connectivity index (χ4n) is 0.890. The zero-order valence-corrected chi connectivity index (χ0v) is 9.84. The van der Waals surface area contributed by atoms with E-state index in [1.165, 1.54) is 0 Å². The van der Waals surface area contributed by atoms with Crippen LogP contribution in [0.3, 0.4) is 0 Å². The Morgan fingerprint density at radius 3 is 2.36 bits per heavy atom. The third kappa shape index (κ3) is 2.99. The van der Waals surface area contributed by atoms with Crippen LogP contribution in [0.2, 0.25) is 0 Å². The Hall–Kier alpha value is -0.550. The Bertz CT molecular complexity index is 285. The second-order valence-electron chi connectivity index (χ2n) is 3.84. The van der Waals surface area contributed by atoms with E-state index in [4.69, 9.17) is 10.2 Å². The summed E-state index contributed by atoms with van der Waals surface area (Å²) in [6.07, 6.45) is 0. The first-order chi connectivity index (χ1) is 6.50. The van der Waals surface area contributed by atoms with Crippen LogP contribution in [0.5, 0.6) is 0 Å². The van der Waals surface area contributed by atoms with Crippen molar-refractivity contribution in [1.29, 1.82) is 0 Å². The standard InChI is InChI=1S/C9H17N3OS/c1-5(2)7(10)8-11-12-9(13-8)14-6(3)4/h5-7H,10H2,1-4H3. The molecule has 14 heavy (non-hydrogen) atoms. The number of rotatable bonds is 4. The monoisotopic (exact) mass is 215 g/mol. The number of nitrogens with two attached hydrogens (primary N) is 1. The minimum Gasteiger partial charge on any atom is -0.414 e. The lowest BCUT2D eigenvalue weighted by atomic mass is 10.1. The fraction of sp³-hybridized carbons (Fsp3) is 0.778. The van der Waals surface area contributed by atoms with Gasteiger partial charge >= 0.3 is 0 Å². The quantitative estimate of drug-likeness (QED) is 0.780. The normalized spacial score (nSPS) is 13.9. The van der Waals surface area contributed by atoms with Crippen molar-refractivity contribution in [2.45, 2.75) is 44.2 Å². The molecule has 0 saturated carbocycles. The molecule has 0 radical (unpaired) electrons. The Morgan fingerprint density at radius 2 is 1.86 bits per heavy atom. The van der Waals surface area contributed by atoms with Gasteiger partial charge in [-0.2, -0.15) is 0 Å². The minimum absolute atomic E-state index is 0.163. The molecule has 1 unspecified atom stereocenters. The molecule has 1 aromatic rings. The van der Waals surface area contributed by atoms with Gasteiger partial charge in [0.2, 0.25) is 5.89 Å². The lowest BCUT2D eigenvalue weighted by Gasteiger charge is -2.09. The highest BCUT2D eigenvalue weighted by Gasteiger charge is 2.18. The van der Waals surface area contributed by atoms with Crippen molar-refractivity contribution < 1.29 is 4.42 Å². The van der Waals surface area contributed by atoms with Crippen LogP contribution in [0, 0.1) is 5.92 Å². The fourth-order valence-corrected chi connectivity index (χ4v) is 1.51. The van der Waals surface area contributed by atoms with E-state index >= 15 is 0 Å². The number of hydrogen-bond acceptors (Lipinski definition) is 5. The molecule has 0 bridgehead atoms. The third-order valence-corrected chi connectivity index (χ3v) is 2.60. The average Bonchev–Trinajstić information content (AvgIpc) is 2.50. The van der Waals surface area contributed by atoms with Crippen molar-refractivity contribution in [1.82, 2.24) is 10.2 Å². The summed E-state index contributed by atoms with van der Waals surface area (Å²) in [5, 5.41) is 8.90. The lowest BCUT2D eigenvalue weighted by molar-refractivity contribution is 0.349. The molecule has 1 heterocycles. The van der Waals surface area contributed by atoms with E-state index in [0.29, 0.717) is 22.3 Å². The second-order valence-corrected chi connectivity index (χ2v) is 5.37. The van der Waals surface area contributed by atoms with Crippen molar-refractivity contribution in [3.05, 3.63) is 5.89 Å². The van der Waals surface area contributed by atoms with Gasteiger partial charge in [-0.05, 0) is 5.92 Å². The van der Waals surface area contributed by atoms with Gasteiger partial charge in [0, 0.05) is 5.25 Å². The smallest absolute Gasteiger partial charge is 0.276 e. The topological polar surface area (TPSA) is 64.9 Å². The maximum Gasteiger partial charge on any atom is 0.276 e. The van der Waals surface area contributed by atoms with Crippen molar-refractivity contribution in [2.24, 2.45) is 11.7 Å². The van der Waals surface area contributed by atoms with E-state index in [1.54, 1.807) is 11.8 Å². The van der Waals surface area contributed by atoms with Crippen molar-refractivity contribution in [3.63, 3.8) is 0 Å². The maximum absolute atomic E-state index is 5.88. The van der Waals surface area contributed by atoms with Crippen LogP contribution in [0.1, 0.15) is 39.6 Å². The molecular formula is C9H17N3OS. The largest absolute Gasteiger partial charge is 0.414 e. The summed E-state index contributed by atoms with van der Waals surface area (Å²) in [5.74, 6) is 0.843. The van der Waals surface area contributed by atoms with Crippen LogP contribution in [0.15, 0.2) is 9.64 Å². The van der Waals surface area contributed by atoms with Gasteiger partial charge in [0.15, 0.2) is 0 Å². The predicted molar refractivity (Wildman–Crippen MR) is 57.1 cm³/mol. The summed E-state index contributed by atoms with van der Waals surface area (Å²) < 4.78 is 5.43. The Labute approximate surface area is 88.7 Å². The van der Waals surface area contributed by atoms with E-state index in [-0.39, 0.29) is 6.04 Å². The molecule has 1 atom stereocenters. The molecular weight excluding hydrogens is 198 g/mol. The molecule has 1 rings (SSSR count). The number of nitrogens with zero attached hydrogens (tertiary/aromatic N) is 2. The Kier molecular flexibility index (Phi) is 3.95. The summed E-state index contributed by atoms with van der Waals surface area (Å²) in [6.45, 7) is 8.22. The van der Waals surface area contributed by atoms with Gasteiger partial charge in [-0.15, -0.1) is 10.2 Å². The average molecular weight is 215 g/mol. The van der Waals surface area contributed by atoms with Gasteiger partial charge in [0.05, 0.1) is 6.04 Å². The van der Waals surface area contributed by atoms with Crippen LogP contribution in [-0.2, 0) is 0 Å². The van der Waals surface area contributed by atoms with Gasteiger partial charge in [-0.25, -0.2) is 0 Å². The van der Waals surface area contributed by atoms with Crippen molar-refractivity contribution >= 4 is 11.8 Å². The van der Waals surface area contributed by atoms with Gasteiger partial charge < -0.3 is 10.2 Å². The van der Waals surface area contributed by atoms with Gasteiger partial charge in [0.25, 0.3) is 5.22 Å². The summed E-state index contributed by atoms with van der Waals surface area (Å²) in [4.78, 5) is 0. The van der Waals surface area contributed by atoms with E-state index in [9.17, 15) is 0 Å². The van der Waals surface area contributed by atoms with Gasteiger partial charge in [-0.1, -0.05) is 39.5 Å². The molecule has 0 spiro atoms. The number of aromatic nitrogens is 2. The van der Waals surface area contributed by atoms with E-state index in [0.717, 1.165) is 0 Å². The molecule has 0 amide bonds. The third-order valence-electron chi connectivity index (χ3n) is 1.76. The molecule has 0 aliphatic heterocycles. The van der Waals surface area contributed by atoms with Crippen LogP contribution in [0.25, 0.3) is 0 Å². The highest BCUT2D eigenvalue weighted by Crippen LogP contribution is 2.24. The van der Waals surface area contributed by atoms with E-state index < -0.39 is 0 Å². The predicted octanol–water partition coefficient (Wildman–Crippen LogP) is 2.23. The summed E-state index contributed by atoms with van der Waals surface area (Å²) in [5.41, 5.74) is 5.88. The van der Waals surface area contributed by atoms with Crippen LogP contribution < -0.4 is 5.73 Å². The molecule has 0 saturated heterocycles. The lowest BCUT2D eigenvalue weighted by Crippen LogP contribution is -2.16. The molecule has 2 N–H and O–H groups in total. The van der Waals surface area contributed by atoms with Gasteiger partial charge in [0.1, 0.15) is 0 Å². The molecule has 0 fully saturated rings. The molecule has 0 aromatic carbocycles. The molecule has 0 aliphatic carbocycles. The van der Waals surface area contributed by atoms with Crippen LogP contribution >= 0.6 is 11.8 Å². The molecule has 1 aromatic heterocycles. The summed E-state index contributed by atoms with van der Waals surface area (Å²) in [6, 6.07) is -0.163. The first kappa shape index (κ1) is 11.5. The highest BCUT2D eigenvalue weighted by molar-refractivity contribution is 7.99.